The Kier molecular flexibility index (Phi) is 4.46. The molecule has 0 bridgehead atoms. The van der Waals surface area contributed by atoms with Gasteiger partial charge in [0.1, 0.15) is 0 Å². The number of carbonyl (C=O) groups excluding carboxylic acids is 1. The number of nitrogen functional groups attached to an aromatic ring is 1. The maximum Gasteiger partial charge on any atom is 0.220 e. The van der Waals surface area contributed by atoms with E-state index in [2.05, 4.69) is 12.2 Å². The molecule has 3 heteroatoms. The Morgan fingerprint density at radius 2 is 2.05 bits per heavy atom. The van der Waals surface area contributed by atoms with Gasteiger partial charge in [0.2, 0.25) is 5.91 Å². The number of amides is 1. The maximum atomic E-state index is 12.0. The van der Waals surface area contributed by atoms with Crippen LogP contribution in [0.4, 0.5) is 5.69 Å². The molecule has 1 fully saturated rings. The van der Waals surface area contributed by atoms with Gasteiger partial charge in [-0.15, -0.1) is 0 Å². The molecule has 1 aromatic rings. The van der Waals surface area contributed by atoms with Crippen LogP contribution >= 0.6 is 0 Å². The lowest BCUT2D eigenvalue weighted by Gasteiger charge is -2.34. The highest BCUT2D eigenvalue weighted by Gasteiger charge is 2.27. The summed E-state index contributed by atoms with van der Waals surface area (Å²) >= 11 is 0. The lowest BCUT2D eigenvalue weighted by molar-refractivity contribution is -0.123. The summed E-state index contributed by atoms with van der Waals surface area (Å²) < 4.78 is 0. The molecular formula is C16H24N2O. The summed E-state index contributed by atoms with van der Waals surface area (Å²) in [7, 11) is 0. The summed E-state index contributed by atoms with van der Waals surface area (Å²) in [5.41, 5.74) is 7.64. The molecule has 2 rings (SSSR count). The average molecular weight is 260 g/mol. The first kappa shape index (κ1) is 13.9. The second-order valence-electron chi connectivity index (χ2n) is 5.91. The van der Waals surface area contributed by atoms with Gasteiger partial charge in [-0.25, -0.2) is 0 Å². The van der Waals surface area contributed by atoms with Crippen LogP contribution in [0, 0.1) is 0 Å². The van der Waals surface area contributed by atoms with Gasteiger partial charge in [-0.2, -0.15) is 0 Å². The van der Waals surface area contributed by atoms with Crippen molar-refractivity contribution in [1.29, 1.82) is 0 Å². The molecule has 3 N–H and O–H groups in total. The maximum absolute atomic E-state index is 12.0. The summed E-state index contributed by atoms with van der Waals surface area (Å²) in [6.45, 7) is 2.17. The zero-order valence-corrected chi connectivity index (χ0v) is 11.7. The highest BCUT2D eigenvalue weighted by Crippen LogP contribution is 2.27. The van der Waals surface area contributed by atoms with Crippen molar-refractivity contribution >= 4 is 11.6 Å². The third kappa shape index (κ3) is 4.27. The van der Waals surface area contributed by atoms with E-state index in [-0.39, 0.29) is 11.4 Å². The summed E-state index contributed by atoms with van der Waals surface area (Å²) in [6.07, 6.45) is 7.27. The number of rotatable bonds is 4. The Bertz CT molecular complexity index is 436. The lowest BCUT2D eigenvalue weighted by Crippen LogP contribution is -2.47. The average Bonchev–Trinajstić information content (AvgIpc) is 2.37. The lowest BCUT2D eigenvalue weighted by atomic mass is 9.83. The second-order valence-corrected chi connectivity index (χ2v) is 5.91. The van der Waals surface area contributed by atoms with Gasteiger partial charge in [-0.3, -0.25) is 4.79 Å². The SMILES string of the molecule is CC1(NC(=O)CCc2cccc(N)c2)CCCCC1. The fourth-order valence-corrected chi connectivity index (χ4v) is 2.86. The van der Waals surface area contributed by atoms with Gasteiger partial charge in [0, 0.05) is 17.6 Å². The smallest absolute Gasteiger partial charge is 0.220 e. The van der Waals surface area contributed by atoms with Crippen molar-refractivity contribution in [2.75, 3.05) is 5.73 Å². The third-order valence-electron chi connectivity index (χ3n) is 3.99. The molecule has 0 saturated heterocycles. The van der Waals surface area contributed by atoms with Crippen molar-refractivity contribution in [3.05, 3.63) is 29.8 Å². The molecular weight excluding hydrogens is 236 g/mol. The van der Waals surface area contributed by atoms with Crippen LogP contribution in [0.5, 0.6) is 0 Å². The first-order chi connectivity index (χ1) is 9.07. The van der Waals surface area contributed by atoms with E-state index >= 15 is 0 Å². The summed E-state index contributed by atoms with van der Waals surface area (Å²) in [6, 6.07) is 7.76. The highest BCUT2D eigenvalue weighted by atomic mass is 16.1. The molecule has 0 heterocycles. The predicted molar refractivity (Wildman–Crippen MR) is 78.8 cm³/mol. The van der Waals surface area contributed by atoms with Crippen LogP contribution in [0.3, 0.4) is 0 Å². The number of nitrogens with one attached hydrogen (secondary N) is 1. The number of benzene rings is 1. The number of hydrogen-bond acceptors (Lipinski definition) is 2. The number of nitrogens with two attached hydrogens (primary N) is 1. The van der Waals surface area contributed by atoms with Crippen LogP contribution in [0.2, 0.25) is 0 Å². The number of carbonyl (C=O) groups is 1. The van der Waals surface area contributed by atoms with Crippen molar-refractivity contribution in [2.24, 2.45) is 0 Å². The standard InChI is InChI=1S/C16H24N2O/c1-16(10-3-2-4-11-16)18-15(19)9-8-13-6-5-7-14(17)12-13/h5-7,12H,2-4,8-11,17H2,1H3,(H,18,19). The minimum Gasteiger partial charge on any atom is -0.399 e. The number of anilines is 1. The van der Waals surface area contributed by atoms with Crippen LogP contribution in [0.15, 0.2) is 24.3 Å². The zero-order valence-electron chi connectivity index (χ0n) is 11.7. The molecule has 1 aromatic carbocycles. The van der Waals surface area contributed by atoms with Crippen LogP contribution in [-0.2, 0) is 11.2 Å². The minimum absolute atomic E-state index is 0.0189. The Balaban J connectivity index is 1.81. The van der Waals surface area contributed by atoms with Crippen LogP contribution in [0.1, 0.15) is 51.0 Å². The van der Waals surface area contributed by atoms with Crippen LogP contribution < -0.4 is 11.1 Å². The van der Waals surface area contributed by atoms with E-state index in [1.165, 1.54) is 19.3 Å². The molecule has 0 unspecified atom stereocenters. The van der Waals surface area contributed by atoms with Crippen molar-refractivity contribution in [2.45, 2.75) is 57.4 Å². The van der Waals surface area contributed by atoms with Gasteiger partial charge < -0.3 is 11.1 Å². The molecule has 3 nitrogen and oxygen atoms in total. The van der Waals surface area contributed by atoms with Crippen molar-refractivity contribution in [3.8, 4) is 0 Å². The number of hydrogen-bond donors (Lipinski definition) is 2. The molecule has 104 valence electrons. The van der Waals surface area contributed by atoms with E-state index in [9.17, 15) is 4.79 Å². The summed E-state index contributed by atoms with van der Waals surface area (Å²) in [5.74, 6) is 0.159. The van der Waals surface area contributed by atoms with E-state index in [1.54, 1.807) is 0 Å². The molecule has 1 aliphatic carbocycles. The van der Waals surface area contributed by atoms with Gasteiger partial charge in [-0.1, -0.05) is 31.4 Å². The summed E-state index contributed by atoms with van der Waals surface area (Å²) in [4.78, 5) is 12.0. The molecule has 19 heavy (non-hydrogen) atoms. The van der Waals surface area contributed by atoms with E-state index < -0.39 is 0 Å². The zero-order chi connectivity index (χ0) is 13.7. The first-order valence-electron chi connectivity index (χ1n) is 7.23. The predicted octanol–water partition coefficient (Wildman–Crippen LogP) is 3.04. The molecule has 0 aliphatic heterocycles. The Labute approximate surface area is 115 Å². The van der Waals surface area contributed by atoms with Gasteiger partial charge in [0.25, 0.3) is 0 Å². The normalized spacial score (nSPS) is 17.9. The second kappa shape index (κ2) is 6.09. The van der Waals surface area contributed by atoms with E-state index in [0.717, 1.165) is 30.5 Å². The number of aryl methyl sites for hydroxylation is 1. The Morgan fingerprint density at radius 3 is 2.74 bits per heavy atom. The minimum atomic E-state index is 0.0189. The quantitative estimate of drug-likeness (QED) is 0.818. The van der Waals surface area contributed by atoms with E-state index in [0.29, 0.717) is 6.42 Å². The molecule has 0 radical (unpaired) electrons. The molecule has 0 aromatic heterocycles. The highest BCUT2D eigenvalue weighted by molar-refractivity contribution is 5.77. The van der Waals surface area contributed by atoms with Crippen molar-refractivity contribution < 1.29 is 4.79 Å². The monoisotopic (exact) mass is 260 g/mol. The van der Waals surface area contributed by atoms with Crippen LogP contribution in [-0.4, -0.2) is 11.4 Å². The van der Waals surface area contributed by atoms with Crippen LogP contribution in [0.25, 0.3) is 0 Å². The fraction of sp³-hybridized carbons (Fsp3) is 0.562. The molecule has 1 amide bonds. The van der Waals surface area contributed by atoms with E-state index in [1.807, 2.05) is 24.3 Å². The van der Waals surface area contributed by atoms with Gasteiger partial charge in [0.15, 0.2) is 0 Å². The molecule has 1 saturated carbocycles. The largest absolute Gasteiger partial charge is 0.399 e. The van der Waals surface area contributed by atoms with Crippen molar-refractivity contribution in [3.63, 3.8) is 0 Å². The van der Waals surface area contributed by atoms with Gasteiger partial charge >= 0.3 is 0 Å². The topological polar surface area (TPSA) is 55.1 Å². The molecule has 0 atom stereocenters. The third-order valence-corrected chi connectivity index (χ3v) is 3.99. The van der Waals surface area contributed by atoms with Gasteiger partial charge in [-0.05, 0) is 43.9 Å². The summed E-state index contributed by atoms with van der Waals surface area (Å²) in [5, 5.41) is 3.21. The Morgan fingerprint density at radius 1 is 1.32 bits per heavy atom. The van der Waals surface area contributed by atoms with Gasteiger partial charge in [0.05, 0.1) is 0 Å². The Hall–Kier alpha value is -1.51. The van der Waals surface area contributed by atoms with Crippen molar-refractivity contribution in [1.82, 2.24) is 5.32 Å². The first-order valence-corrected chi connectivity index (χ1v) is 7.23. The fourth-order valence-electron chi connectivity index (χ4n) is 2.86. The van der Waals surface area contributed by atoms with E-state index in [4.69, 9.17) is 5.73 Å². The molecule has 1 aliphatic rings. The molecule has 0 spiro atoms.